The van der Waals surface area contributed by atoms with E-state index >= 15 is 0 Å². The Morgan fingerprint density at radius 2 is 2.36 bits per heavy atom. The third-order valence-electron chi connectivity index (χ3n) is 2.06. The Bertz CT molecular complexity index is 393. The zero-order valence-electron chi connectivity index (χ0n) is 6.59. The smallest absolute Gasteiger partial charge is 0.0453 e. The van der Waals surface area contributed by atoms with Crippen molar-refractivity contribution in [3.05, 3.63) is 35.0 Å². The zero-order chi connectivity index (χ0) is 7.68. The summed E-state index contributed by atoms with van der Waals surface area (Å²) in [5, 5.41) is 2.59. The Labute approximate surface area is 65.8 Å². The number of aromatic amines is 1. The first-order valence-electron chi connectivity index (χ1n) is 3.88. The fourth-order valence-electron chi connectivity index (χ4n) is 1.41. The average molecular weight is 145 g/mol. The summed E-state index contributed by atoms with van der Waals surface area (Å²) in [4.78, 5) is 3.20. The molecule has 0 atom stereocenters. The van der Waals surface area contributed by atoms with E-state index in [2.05, 4.69) is 36.2 Å². The van der Waals surface area contributed by atoms with Crippen molar-refractivity contribution < 1.29 is 0 Å². The molecular weight excluding hydrogens is 134 g/mol. The Kier molecular flexibility index (Phi) is 1.42. The Balaban J connectivity index is 2.87. The second-order valence-corrected chi connectivity index (χ2v) is 2.88. The van der Waals surface area contributed by atoms with Crippen molar-refractivity contribution >= 4 is 11.6 Å². The van der Waals surface area contributed by atoms with E-state index in [0.29, 0.717) is 0 Å². The van der Waals surface area contributed by atoms with E-state index in [1.807, 2.05) is 6.20 Å². The minimum absolute atomic E-state index is 1.07. The molecule has 0 fully saturated rings. The number of allylic oxidation sites excluding steroid dienone is 2. The van der Waals surface area contributed by atoms with Crippen molar-refractivity contribution in [2.75, 3.05) is 0 Å². The molecule has 0 saturated carbocycles. The van der Waals surface area contributed by atoms with E-state index in [1.54, 1.807) is 0 Å². The minimum atomic E-state index is 1.07. The summed E-state index contributed by atoms with van der Waals surface area (Å²) in [5.41, 5.74) is 1.44. The average Bonchev–Trinajstić information content (AvgIpc) is 2.40. The van der Waals surface area contributed by atoms with Gasteiger partial charge in [0.2, 0.25) is 0 Å². The molecule has 0 amide bonds. The predicted octanol–water partition coefficient (Wildman–Crippen LogP) is 0.926. The SMILES string of the molecule is CC1=c2cc[nH]c2=CC=CC1. The molecule has 1 heteroatoms. The van der Waals surface area contributed by atoms with Gasteiger partial charge in [0.15, 0.2) is 0 Å². The van der Waals surface area contributed by atoms with Gasteiger partial charge >= 0.3 is 0 Å². The molecule has 0 spiro atoms. The summed E-state index contributed by atoms with van der Waals surface area (Å²) in [6.45, 7) is 2.18. The van der Waals surface area contributed by atoms with E-state index in [9.17, 15) is 0 Å². The summed E-state index contributed by atoms with van der Waals surface area (Å²) in [7, 11) is 0. The van der Waals surface area contributed by atoms with Crippen molar-refractivity contribution in [1.82, 2.24) is 4.98 Å². The summed E-state index contributed by atoms with van der Waals surface area (Å²) < 4.78 is 0. The lowest BCUT2D eigenvalue weighted by atomic mass is 10.2. The number of rotatable bonds is 0. The molecule has 1 aliphatic rings. The quantitative estimate of drug-likeness (QED) is 0.559. The van der Waals surface area contributed by atoms with Gasteiger partial charge in [0.05, 0.1) is 0 Å². The van der Waals surface area contributed by atoms with Crippen LogP contribution in [-0.2, 0) is 0 Å². The van der Waals surface area contributed by atoms with Gasteiger partial charge in [-0.2, -0.15) is 0 Å². The predicted molar refractivity (Wildman–Crippen MR) is 47.3 cm³/mol. The van der Waals surface area contributed by atoms with Crippen LogP contribution < -0.4 is 10.6 Å². The molecule has 0 radical (unpaired) electrons. The van der Waals surface area contributed by atoms with Crippen LogP contribution in [0.2, 0.25) is 0 Å². The monoisotopic (exact) mass is 145 g/mol. The van der Waals surface area contributed by atoms with Crippen LogP contribution in [0.15, 0.2) is 24.4 Å². The second-order valence-electron chi connectivity index (χ2n) is 2.88. The summed E-state index contributed by atoms with van der Waals surface area (Å²) in [6, 6.07) is 2.13. The highest BCUT2D eigenvalue weighted by atomic mass is 14.6. The van der Waals surface area contributed by atoms with Gasteiger partial charge in [0.1, 0.15) is 0 Å². The molecule has 0 unspecified atom stereocenters. The van der Waals surface area contributed by atoms with Crippen molar-refractivity contribution in [2.24, 2.45) is 0 Å². The van der Waals surface area contributed by atoms with E-state index in [4.69, 9.17) is 0 Å². The molecule has 1 N–H and O–H groups in total. The summed E-state index contributed by atoms with van der Waals surface area (Å²) >= 11 is 0. The van der Waals surface area contributed by atoms with Gasteiger partial charge in [-0.3, -0.25) is 0 Å². The van der Waals surface area contributed by atoms with Crippen LogP contribution in [0.25, 0.3) is 11.6 Å². The molecular formula is C10H11N. The molecule has 1 heterocycles. The third-order valence-corrected chi connectivity index (χ3v) is 2.06. The van der Waals surface area contributed by atoms with E-state index in [-0.39, 0.29) is 0 Å². The topological polar surface area (TPSA) is 15.8 Å². The number of nitrogens with one attached hydrogen (secondary N) is 1. The number of aromatic nitrogens is 1. The second kappa shape index (κ2) is 2.42. The summed E-state index contributed by atoms with van der Waals surface area (Å²) in [5.74, 6) is 0. The van der Waals surface area contributed by atoms with Crippen LogP contribution in [-0.4, -0.2) is 4.98 Å². The third kappa shape index (κ3) is 1.03. The zero-order valence-corrected chi connectivity index (χ0v) is 6.59. The van der Waals surface area contributed by atoms with E-state index in [1.165, 1.54) is 16.1 Å². The Morgan fingerprint density at radius 3 is 3.27 bits per heavy atom. The number of H-pyrrole nitrogens is 1. The first-order chi connectivity index (χ1) is 5.38. The van der Waals surface area contributed by atoms with Gasteiger partial charge in [-0.1, -0.05) is 17.7 Å². The van der Waals surface area contributed by atoms with Gasteiger partial charge < -0.3 is 4.98 Å². The van der Waals surface area contributed by atoms with Crippen LogP contribution in [0.4, 0.5) is 0 Å². The van der Waals surface area contributed by atoms with Crippen LogP contribution in [0.3, 0.4) is 0 Å². The lowest BCUT2D eigenvalue weighted by Crippen LogP contribution is -2.23. The lowest BCUT2D eigenvalue weighted by Gasteiger charge is -1.89. The molecule has 1 aliphatic carbocycles. The van der Waals surface area contributed by atoms with Gasteiger partial charge in [0.25, 0.3) is 0 Å². The van der Waals surface area contributed by atoms with Crippen molar-refractivity contribution in [3.63, 3.8) is 0 Å². The highest BCUT2D eigenvalue weighted by Crippen LogP contribution is 2.00. The molecule has 1 aromatic rings. The Morgan fingerprint density at radius 1 is 1.45 bits per heavy atom. The van der Waals surface area contributed by atoms with E-state index in [0.717, 1.165) is 6.42 Å². The minimum Gasteiger partial charge on any atom is -0.361 e. The molecule has 11 heavy (non-hydrogen) atoms. The molecule has 1 nitrogen and oxygen atoms in total. The maximum atomic E-state index is 3.20. The normalized spacial score (nSPS) is 15.5. The molecule has 0 aromatic carbocycles. The number of fused-ring (bicyclic) bond motifs is 1. The fraction of sp³-hybridized carbons (Fsp3) is 0.200. The van der Waals surface area contributed by atoms with Crippen molar-refractivity contribution in [2.45, 2.75) is 13.3 Å². The maximum Gasteiger partial charge on any atom is 0.0453 e. The van der Waals surface area contributed by atoms with Crippen LogP contribution in [0.1, 0.15) is 13.3 Å². The highest BCUT2D eigenvalue weighted by Gasteiger charge is 1.93. The van der Waals surface area contributed by atoms with Gasteiger partial charge in [-0.15, -0.1) is 0 Å². The van der Waals surface area contributed by atoms with Crippen LogP contribution >= 0.6 is 0 Å². The first kappa shape index (κ1) is 6.47. The van der Waals surface area contributed by atoms with Gasteiger partial charge in [-0.05, 0) is 30.7 Å². The molecule has 2 rings (SSSR count). The molecule has 56 valence electrons. The van der Waals surface area contributed by atoms with Crippen LogP contribution in [0, 0.1) is 0 Å². The maximum absolute atomic E-state index is 3.20. The summed E-state index contributed by atoms with van der Waals surface area (Å²) in [6.07, 6.45) is 9.46. The number of hydrogen-bond acceptors (Lipinski definition) is 0. The first-order valence-corrected chi connectivity index (χ1v) is 3.88. The molecule has 0 saturated heterocycles. The molecule has 0 bridgehead atoms. The van der Waals surface area contributed by atoms with Crippen LogP contribution in [0.5, 0.6) is 0 Å². The number of hydrogen-bond donors (Lipinski definition) is 1. The fourth-order valence-corrected chi connectivity index (χ4v) is 1.41. The van der Waals surface area contributed by atoms with Gasteiger partial charge in [-0.25, -0.2) is 0 Å². The standard InChI is InChI=1S/C10H11N/c1-8-4-2-3-5-10-9(8)6-7-11-10/h2-3,5-7,11H,4H2,1H3. The largest absolute Gasteiger partial charge is 0.361 e. The van der Waals surface area contributed by atoms with Crippen molar-refractivity contribution in [1.29, 1.82) is 0 Å². The van der Waals surface area contributed by atoms with Crippen molar-refractivity contribution in [3.8, 4) is 0 Å². The van der Waals surface area contributed by atoms with E-state index < -0.39 is 0 Å². The van der Waals surface area contributed by atoms with Gasteiger partial charge in [0, 0.05) is 11.5 Å². The molecule has 1 aromatic heterocycles. The lowest BCUT2D eigenvalue weighted by molar-refractivity contribution is 1.29. The molecule has 0 aliphatic heterocycles. The highest BCUT2D eigenvalue weighted by molar-refractivity contribution is 5.50. The Hall–Kier alpha value is -1.24.